The van der Waals surface area contributed by atoms with Crippen LogP contribution >= 0.6 is 11.8 Å². The van der Waals surface area contributed by atoms with Crippen molar-refractivity contribution in [2.24, 2.45) is 17.6 Å². The first-order valence-corrected chi connectivity index (χ1v) is 9.18. The predicted octanol–water partition coefficient (Wildman–Crippen LogP) is 0.637. The van der Waals surface area contributed by atoms with E-state index >= 15 is 0 Å². The molecule has 1 aliphatic rings. The molecule has 0 saturated carbocycles. The van der Waals surface area contributed by atoms with Crippen LogP contribution in [0.2, 0.25) is 0 Å². The minimum atomic E-state index is -2.99. The third-order valence-electron chi connectivity index (χ3n) is 3.40. The second kappa shape index (κ2) is 6.41. The lowest BCUT2D eigenvalue weighted by Gasteiger charge is -2.37. The molecule has 0 aliphatic carbocycles. The van der Waals surface area contributed by atoms with Crippen molar-refractivity contribution in [2.45, 2.75) is 19.2 Å². The maximum Gasteiger partial charge on any atom is 0.164 e. The Labute approximate surface area is 109 Å². The Balaban J connectivity index is 2.72. The van der Waals surface area contributed by atoms with E-state index in [0.717, 1.165) is 18.8 Å². The van der Waals surface area contributed by atoms with Crippen molar-refractivity contribution in [1.82, 2.24) is 4.90 Å². The average Bonchev–Trinajstić information content (AvgIpc) is 2.24. The Hall–Kier alpha value is 0.220. The molecular weight excluding hydrogens is 256 g/mol. The van der Waals surface area contributed by atoms with E-state index in [1.165, 1.54) is 6.26 Å². The summed E-state index contributed by atoms with van der Waals surface area (Å²) < 4.78 is 23.5. The van der Waals surface area contributed by atoms with Crippen molar-refractivity contribution in [3.05, 3.63) is 0 Å². The van der Waals surface area contributed by atoms with Crippen LogP contribution in [0, 0.1) is 11.8 Å². The Kier molecular flexibility index (Phi) is 5.76. The van der Waals surface area contributed by atoms with Gasteiger partial charge in [-0.25, -0.2) is 8.42 Å². The summed E-state index contributed by atoms with van der Waals surface area (Å²) in [5, 5.41) is -0.325. The molecule has 1 fully saturated rings. The Morgan fingerprint density at radius 2 is 2.12 bits per heavy atom. The number of hydrogen-bond acceptors (Lipinski definition) is 5. The lowest BCUT2D eigenvalue weighted by molar-refractivity contribution is 0.202. The van der Waals surface area contributed by atoms with E-state index in [4.69, 9.17) is 5.73 Å². The summed E-state index contributed by atoms with van der Waals surface area (Å²) >= 11 is 1.72. The maximum atomic E-state index is 11.8. The number of hydrogen-bond donors (Lipinski definition) is 1. The lowest BCUT2D eigenvalue weighted by Crippen LogP contribution is -2.50. The van der Waals surface area contributed by atoms with Crippen LogP contribution in [-0.2, 0) is 9.84 Å². The van der Waals surface area contributed by atoms with Crippen molar-refractivity contribution in [3.8, 4) is 0 Å². The van der Waals surface area contributed by atoms with Gasteiger partial charge < -0.3 is 5.73 Å². The van der Waals surface area contributed by atoms with Gasteiger partial charge in [-0.2, -0.15) is 11.8 Å². The summed E-state index contributed by atoms with van der Waals surface area (Å²) in [7, 11) is -2.99. The number of sulfone groups is 1. The first-order chi connectivity index (χ1) is 7.86. The molecule has 0 aromatic heterocycles. The van der Waals surface area contributed by atoms with Gasteiger partial charge in [0, 0.05) is 30.9 Å². The van der Waals surface area contributed by atoms with Gasteiger partial charge in [0.15, 0.2) is 9.84 Å². The van der Waals surface area contributed by atoms with E-state index < -0.39 is 9.84 Å². The molecule has 1 aliphatic heterocycles. The molecule has 0 amide bonds. The average molecular weight is 280 g/mol. The molecular formula is C11H24N2O2S2. The van der Waals surface area contributed by atoms with E-state index in [9.17, 15) is 8.42 Å². The number of nitrogens with zero attached hydrogens (tertiary/aromatic N) is 1. The zero-order chi connectivity index (χ0) is 13.1. The molecule has 0 bridgehead atoms. The highest BCUT2D eigenvalue weighted by molar-refractivity contribution is 8.00. The smallest absolute Gasteiger partial charge is 0.164 e. The van der Waals surface area contributed by atoms with Crippen molar-refractivity contribution in [3.63, 3.8) is 0 Å². The van der Waals surface area contributed by atoms with Gasteiger partial charge in [0.25, 0.3) is 0 Å². The number of thioether (sulfide) groups is 1. The maximum absolute atomic E-state index is 11.8. The fourth-order valence-electron chi connectivity index (χ4n) is 2.08. The fourth-order valence-corrected chi connectivity index (χ4v) is 5.03. The molecule has 0 spiro atoms. The van der Waals surface area contributed by atoms with Crippen LogP contribution in [0.15, 0.2) is 0 Å². The zero-order valence-corrected chi connectivity index (χ0v) is 12.6. The first kappa shape index (κ1) is 15.3. The molecule has 1 rings (SSSR count). The van der Waals surface area contributed by atoms with E-state index in [-0.39, 0.29) is 5.37 Å². The van der Waals surface area contributed by atoms with Crippen LogP contribution in [0.1, 0.15) is 13.8 Å². The Morgan fingerprint density at radius 1 is 1.47 bits per heavy atom. The van der Waals surface area contributed by atoms with Gasteiger partial charge in [-0.15, -0.1) is 0 Å². The molecule has 102 valence electrons. The summed E-state index contributed by atoms with van der Waals surface area (Å²) in [5.74, 6) is 2.58. The highest BCUT2D eigenvalue weighted by Crippen LogP contribution is 2.23. The quantitative estimate of drug-likeness (QED) is 0.800. The third kappa shape index (κ3) is 4.43. The molecule has 0 radical (unpaired) electrons. The molecule has 17 heavy (non-hydrogen) atoms. The van der Waals surface area contributed by atoms with E-state index in [0.29, 0.717) is 24.1 Å². The van der Waals surface area contributed by atoms with Gasteiger partial charge in [0.2, 0.25) is 0 Å². The largest absolute Gasteiger partial charge is 0.330 e. The lowest BCUT2D eigenvalue weighted by atomic mass is 9.95. The zero-order valence-electron chi connectivity index (χ0n) is 10.9. The predicted molar refractivity (Wildman–Crippen MR) is 74.9 cm³/mol. The van der Waals surface area contributed by atoms with E-state index in [1.54, 1.807) is 11.8 Å². The van der Waals surface area contributed by atoms with Crippen molar-refractivity contribution < 1.29 is 8.42 Å². The van der Waals surface area contributed by atoms with Crippen molar-refractivity contribution in [1.29, 1.82) is 0 Å². The van der Waals surface area contributed by atoms with E-state index in [2.05, 4.69) is 18.7 Å². The highest BCUT2D eigenvalue weighted by Gasteiger charge is 2.32. The topological polar surface area (TPSA) is 63.4 Å². The van der Waals surface area contributed by atoms with Gasteiger partial charge in [0.1, 0.15) is 5.37 Å². The summed E-state index contributed by atoms with van der Waals surface area (Å²) in [6, 6.07) is 0. The molecule has 2 atom stereocenters. The molecule has 4 nitrogen and oxygen atoms in total. The molecule has 0 aromatic rings. The second-order valence-corrected chi connectivity index (χ2v) is 8.45. The molecule has 1 saturated heterocycles. The normalized spacial score (nSPS) is 25.1. The summed E-state index contributed by atoms with van der Waals surface area (Å²) in [6.07, 6.45) is 1.34. The number of nitrogens with two attached hydrogens (primary N) is 1. The second-order valence-electron chi connectivity index (χ2n) is 5.09. The molecule has 0 aromatic carbocycles. The van der Waals surface area contributed by atoms with Gasteiger partial charge in [-0.3, -0.25) is 4.90 Å². The summed E-state index contributed by atoms with van der Waals surface area (Å²) in [6.45, 7) is 6.56. The van der Waals surface area contributed by atoms with Crippen LogP contribution in [0.3, 0.4) is 0 Å². The monoisotopic (exact) mass is 280 g/mol. The highest BCUT2D eigenvalue weighted by atomic mass is 32.2. The van der Waals surface area contributed by atoms with Crippen LogP contribution in [0.5, 0.6) is 0 Å². The molecule has 6 heteroatoms. The summed E-state index contributed by atoms with van der Waals surface area (Å²) in [4.78, 5) is 2.10. The summed E-state index contributed by atoms with van der Waals surface area (Å²) in [5.41, 5.74) is 5.76. The SMILES string of the molecule is CC(C)C(CN)CN1CCSCC1S(C)(=O)=O. The minimum Gasteiger partial charge on any atom is -0.330 e. The first-order valence-electron chi connectivity index (χ1n) is 6.07. The van der Waals surface area contributed by atoms with Crippen LogP contribution in [-0.4, -0.2) is 56.1 Å². The number of rotatable bonds is 5. The van der Waals surface area contributed by atoms with Gasteiger partial charge >= 0.3 is 0 Å². The van der Waals surface area contributed by atoms with Crippen molar-refractivity contribution in [2.75, 3.05) is 37.4 Å². The van der Waals surface area contributed by atoms with Gasteiger partial charge in [0.05, 0.1) is 0 Å². The minimum absolute atomic E-state index is 0.325. The van der Waals surface area contributed by atoms with Crippen molar-refractivity contribution >= 4 is 21.6 Å². The van der Waals surface area contributed by atoms with Gasteiger partial charge in [-0.05, 0) is 18.4 Å². The fraction of sp³-hybridized carbons (Fsp3) is 1.00. The standard InChI is InChI=1S/C11H24N2O2S2/c1-9(2)10(6-12)7-13-4-5-16-8-11(13)17(3,14)15/h9-11H,4-8,12H2,1-3H3. The molecule has 2 unspecified atom stereocenters. The third-order valence-corrected chi connectivity index (χ3v) is 6.09. The Morgan fingerprint density at radius 3 is 2.59 bits per heavy atom. The Bertz CT molecular complexity index is 330. The van der Waals surface area contributed by atoms with Gasteiger partial charge in [-0.1, -0.05) is 13.8 Å². The molecule has 1 heterocycles. The van der Waals surface area contributed by atoms with Crippen LogP contribution < -0.4 is 5.73 Å². The van der Waals surface area contributed by atoms with Crippen LogP contribution in [0.4, 0.5) is 0 Å². The van der Waals surface area contributed by atoms with E-state index in [1.807, 2.05) is 0 Å². The van der Waals surface area contributed by atoms with Crippen LogP contribution in [0.25, 0.3) is 0 Å². The molecule has 2 N–H and O–H groups in total.